The van der Waals surface area contributed by atoms with Gasteiger partial charge >= 0.3 is 0 Å². The first-order chi connectivity index (χ1) is 9.54. The number of allylic oxidation sites excluding steroid dienone is 1. The summed E-state index contributed by atoms with van der Waals surface area (Å²) in [6.45, 7) is 0. The number of rotatable bonds is 4. The molecule has 0 radical (unpaired) electrons. The van der Waals surface area contributed by atoms with Gasteiger partial charge in [-0.25, -0.2) is 0 Å². The van der Waals surface area contributed by atoms with Crippen molar-refractivity contribution >= 4 is 40.7 Å². The minimum atomic E-state index is 0.000198. The van der Waals surface area contributed by atoms with Crippen molar-refractivity contribution < 1.29 is 4.79 Å². The third kappa shape index (κ3) is 4.12. The number of hydrogen-bond donors (Lipinski definition) is 1. The van der Waals surface area contributed by atoms with Crippen LogP contribution in [0.4, 0.5) is 5.69 Å². The molecule has 0 heterocycles. The molecule has 0 saturated heterocycles. The molecule has 0 aromatic heterocycles. The molecule has 0 bridgehead atoms. The van der Waals surface area contributed by atoms with Crippen molar-refractivity contribution in [3.05, 3.63) is 69.7 Å². The maximum atomic E-state index is 11.9. The van der Waals surface area contributed by atoms with Gasteiger partial charge < -0.3 is 5.73 Å². The second-order valence-corrected chi connectivity index (χ2v) is 5.21. The summed E-state index contributed by atoms with van der Waals surface area (Å²) in [5, 5.41) is 0.944. The van der Waals surface area contributed by atoms with Crippen molar-refractivity contribution in [2.75, 3.05) is 5.73 Å². The van der Waals surface area contributed by atoms with Gasteiger partial charge in [-0.05, 0) is 41.5 Å². The Labute approximate surface area is 127 Å². The average molecular weight is 306 g/mol. The maximum absolute atomic E-state index is 11.9. The highest BCUT2D eigenvalue weighted by atomic mass is 35.5. The highest BCUT2D eigenvalue weighted by molar-refractivity contribution is 6.42. The molecule has 0 fully saturated rings. The van der Waals surface area contributed by atoms with Crippen LogP contribution in [0.5, 0.6) is 0 Å². The molecule has 2 rings (SSSR count). The van der Waals surface area contributed by atoms with Crippen molar-refractivity contribution in [2.45, 2.75) is 6.42 Å². The Hall–Kier alpha value is -1.77. The minimum absolute atomic E-state index is 0.000198. The van der Waals surface area contributed by atoms with Crippen LogP contribution in [0.2, 0.25) is 10.0 Å². The zero-order valence-corrected chi connectivity index (χ0v) is 12.2. The maximum Gasteiger partial charge on any atom is 0.160 e. The lowest BCUT2D eigenvalue weighted by Gasteiger charge is -2.00. The molecular weight excluding hydrogens is 293 g/mol. The number of nitrogen functional groups attached to an aromatic ring is 1. The molecule has 20 heavy (non-hydrogen) atoms. The van der Waals surface area contributed by atoms with Crippen molar-refractivity contribution in [2.24, 2.45) is 0 Å². The first-order valence-corrected chi connectivity index (χ1v) is 6.80. The monoisotopic (exact) mass is 305 g/mol. The Bertz CT molecular complexity index is 648. The summed E-state index contributed by atoms with van der Waals surface area (Å²) in [7, 11) is 0. The fourth-order valence-corrected chi connectivity index (χ4v) is 2.03. The van der Waals surface area contributed by atoms with E-state index in [1.165, 1.54) is 0 Å². The number of hydrogen-bond acceptors (Lipinski definition) is 2. The van der Waals surface area contributed by atoms with Gasteiger partial charge in [0.1, 0.15) is 0 Å². The molecular formula is C16H13Cl2NO. The van der Waals surface area contributed by atoms with Gasteiger partial charge in [-0.3, -0.25) is 4.79 Å². The Balaban J connectivity index is 2.01. The molecule has 0 atom stereocenters. The summed E-state index contributed by atoms with van der Waals surface area (Å²) in [4.78, 5) is 11.9. The molecule has 102 valence electrons. The highest BCUT2D eigenvalue weighted by Gasteiger charge is 2.03. The molecule has 0 aliphatic carbocycles. The van der Waals surface area contributed by atoms with Crippen LogP contribution < -0.4 is 5.73 Å². The molecule has 2 N–H and O–H groups in total. The number of carbonyl (C=O) groups excluding carboxylic acids is 1. The van der Waals surface area contributed by atoms with Crippen LogP contribution in [-0.2, 0) is 11.2 Å². The molecule has 2 nitrogen and oxygen atoms in total. The first-order valence-electron chi connectivity index (χ1n) is 6.05. The summed E-state index contributed by atoms with van der Waals surface area (Å²) in [5.41, 5.74) is 8.07. The van der Waals surface area contributed by atoms with Crippen LogP contribution in [0.1, 0.15) is 11.1 Å². The molecule has 0 unspecified atom stereocenters. The SMILES string of the molecule is Nc1ccc(/C=C/C(=O)Cc2ccc(Cl)c(Cl)c2)cc1. The molecule has 4 heteroatoms. The van der Waals surface area contributed by atoms with E-state index in [2.05, 4.69) is 0 Å². The van der Waals surface area contributed by atoms with Crippen LogP contribution in [0, 0.1) is 0 Å². The van der Waals surface area contributed by atoms with Crippen LogP contribution >= 0.6 is 23.2 Å². The highest BCUT2D eigenvalue weighted by Crippen LogP contribution is 2.22. The van der Waals surface area contributed by atoms with Gasteiger partial charge in [-0.1, -0.05) is 47.5 Å². The van der Waals surface area contributed by atoms with Crippen molar-refractivity contribution in [3.8, 4) is 0 Å². The van der Waals surface area contributed by atoms with E-state index in [0.717, 1.165) is 11.1 Å². The Morgan fingerprint density at radius 2 is 1.75 bits per heavy atom. The summed E-state index contributed by atoms with van der Waals surface area (Å²) in [6, 6.07) is 12.5. The zero-order chi connectivity index (χ0) is 14.5. The molecule has 2 aromatic rings. The van der Waals surface area contributed by atoms with Crippen LogP contribution in [0.25, 0.3) is 6.08 Å². The minimum Gasteiger partial charge on any atom is -0.399 e. The van der Waals surface area contributed by atoms with Gasteiger partial charge in [0.25, 0.3) is 0 Å². The Kier molecular flexibility index (Phi) is 4.83. The summed E-state index contributed by atoms with van der Waals surface area (Å²) >= 11 is 11.7. The van der Waals surface area contributed by atoms with Crippen molar-refractivity contribution in [3.63, 3.8) is 0 Å². The van der Waals surface area contributed by atoms with Crippen LogP contribution in [0.15, 0.2) is 48.5 Å². The fourth-order valence-electron chi connectivity index (χ4n) is 1.71. The standard InChI is InChI=1S/C16H13Cl2NO/c17-15-8-4-12(10-16(15)18)9-14(20)7-3-11-1-5-13(19)6-2-11/h1-8,10H,9,19H2/b7-3+. The van der Waals surface area contributed by atoms with E-state index in [1.807, 2.05) is 12.1 Å². The largest absolute Gasteiger partial charge is 0.399 e. The molecule has 0 aliphatic rings. The predicted octanol–water partition coefficient (Wildman–Crippen LogP) is 4.40. The van der Waals surface area contributed by atoms with Gasteiger partial charge in [0, 0.05) is 12.1 Å². The third-order valence-electron chi connectivity index (χ3n) is 2.76. The lowest BCUT2D eigenvalue weighted by atomic mass is 10.1. The number of halogens is 2. The van der Waals surface area contributed by atoms with Crippen molar-refractivity contribution in [1.29, 1.82) is 0 Å². The van der Waals surface area contributed by atoms with E-state index in [-0.39, 0.29) is 5.78 Å². The smallest absolute Gasteiger partial charge is 0.160 e. The molecule has 0 saturated carbocycles. The number of anilines is 1. The summed E-state index contributed by atoms with van der Waals surface area (Å²) in [6.07, 6.45) is 3.61. The lowest BCUT2D eigenvalue weighted by molar-refractivity contribution is -0.113. The predicted molar refractivity (Wildman–Crippen MR) is 85.1 cm³/mol. The second kappa shape index (κ2) is 6.60. The van der Waals surface area contributed by atoms with E-state index in [9.17, 15) is 4.79 Å². The van der Waals surface area contributed by atoms with E-state index < -0.39 is 0 Å². The molecule has 2 aromatic carbocycles. The van der Waals surface area contributed by atoms with Crippen molar-refractivity contribution in [1.82, 2.24) is 0 Å². The number of ketones is 1. The molecule has 0 amide bonds. The average Bonchev–Trinajstić information content (AvgIpc) is 2.42. The third-order valence-corrected chi connectivity index (χ3v) is 3.50. The lowest BCUT2D eigenvalue weighted by Crippen LogP contribution is -1.98. The number of carbonyl (C=O) groups is 1. The van der Waals surface area contributed by atoms with Crippen LogP contribution in [-0.4, -0.2) is 5.78 Å². The fraction of sp³-hybridized carbons (Fsp3) is 0.0625. The topological polar surface area (TPSA) is 43.1 Å². The Morgan fingerprint density at radius 1 is 1.05 bits per heavy atom. The summed E-state index contributed by atoms with van der Waals surface area (Å²) < 4.78 is 0. The molecule has 0 aliphatic heterocycles. The van der Waals surface area contributed by atoms with Crippen LogP contribution in [0.3, 0.4) is 0 Å². The quantitative estimate of drug-likeness (QED) is 0.672. The zero-order valence-electron chi connectivity index (χ0n) is 10.6. The molecule has 0 spiro atoms. The van der Waals surface area contributed by atoms with E-state index in [0.29, 0.717) is 22.2 Å². The number of benzene rings is 2. The van der Waals surface area contributed by atoms with E-state index in [4.69, 9.17) is 28.9 Å². The van der Waals surface area contributed by atoms with Gasteiger partial charge in [-0.15, -0.1) is 0 Å². The first kappa shape index (κ1) is 14.6. The summed E-state index contributed by atoms with van der Waals surface area (Å²) in [5.74, 6) is 0.000198. The van der Waals surface area contributed by atoms with Gasteiger partial charge in [0.05, 0.1) is 10.0 Å². The normalized spacial score (nSPS) is 10.9. The van der Waals surface area contributed by atoms with Gasteiger partial charge in [-0.2, -0.15) is 0 Å². The van der Waals surface area contributed by atoms with E-state index >= 15 is 0 Å². The number of nitrogens with two attached hydrogens (primary N) is 1. The van der Waals surface area contributed by atoms with Gasteiger partial charge in [0.2, 0.25) is 0 Å². The Morgan fingerprint density at radius 3 is 2.40 bits per heavy atom. The second-order valence-electron chi connectivity index (χ2n) is 4.39. The van der Waals surface area contributed by atoms with Gasteiger partial charge in [0.15, 0.2) is 5.78 Å². The van der Waals surface area contributed by atoms with E-state index in [1.54, 1.807) is 42.5 Å².